The molecule has 2 rings (SSSR count). The summed E-state index contributed by atoms with van der Waals surface area (Å²) in [6.07, 6.45) is 1.35. The lowest BCUT2D eigenvalue weighted by Gasteiger charge is -2.08. The van der Waals surface area contributed by atoms with Gasteiger partial charge in [0.2, 0.25) is 0 Å². The van der Waals surface area contributed by atoms with E-state index >= 15 is 0 Å². The second kappa shape index (κ2) is 5.74. The molecule has 0 saturated heterocycles. The van der Waals surface area contributed by atoms with Crippen molar-refractivity contribution in [2.75, 3.05) is 0 Å². The molecule has 0 aliphatic rings. The fraction of sp³-hybridized carbons (Fsp3) is 0.0833. The van der Waals surface area contributed by atoms with E-state index in [0.717, 1.165) is 5.56 Å². The Morgan fingerprint density at radius 3 is 2.79 bits per heavy atom. The van der Waals surface area contributed by atoms with E-state index in [1.54, 1.807) is 18.2 Å². The molecule has 0 atom stereocenters. The molecular weight excluding hydrogens is 353 g/mol. The average Bonchev–Trinajstić information content (AvgIpc) is 2.41. The summed E-state index contributed by atoms with van der Waals surface area (Å²) in [5.74, 6) is 0. The van der Waals surface area contributed by atoms with E-state index in [2.05, 4.69) is 20.9 Å². The van der Waals surface area contributed by atoms with Gasteiger partial charge >= 0.3 is 0 Å². The lowest BCUT2D eigenvalue weighted by Crippen LogP contribution is -2.22. The van der Waals surface area contributed by atoms with Crippen LogP contribution in [0, 0.1) is 11.3 Å². The van der Waals surface area contributed by atoms with Gasteiger partial charge in [-0.25, -0.2) is 4.98 Å². The molecule has 96 valence electrons. The molecule has 0 aliphatic carbocycles. The van der Waals surface area contributed by atoms with Crippen LogP contribution in [-0.4, -0.2) is 9.55 Å². The van der Waals surface area contributed by atoms with Gasteiger partial charge < -0.3 is 0 Å². The van der Waals surface area contributed by atoms with Crippen molar-refractivity contribution in [3.05, 3.63) is 60.7 Å². The second-order valence-electron chi connectivity index (χ2n) is 3.70. The molecule has 0 unspecified atom stereocenters. The van der Waals surface area contributed by atoms with E-state index in [1.807, 2.05) is 6.07 Å². The van der Waals surface area contributed by atoms with Crippen LogP contribution in [0.2, 0.25) is 10.2 Å². The summed E-state index contributed by atoms with van der Waals surface area (Å²) in [6.45, 7) is 0.256. The summed E-state index contributed by atoms with van der Waals surface area (Å²) in [5, 5.41) is 9.30. The smallest absolute Gasteiger partial charge is 0.269 e. The number of nitriles is 1. The van der Waals surface area contributed by atoms with E-state index in [9.17, 15) is 4.79 Å². The molecule has 7 heteroatoms. The van der Waals surface area contributed by atoms with Crippen molar-refractivity contribution < 1.29 is 0 Å². The summed E-state index contributed by atoms with van der Waals surface area (Å²) >= 11 is 14.9. The van der Waals surface area contributed by atoms with Crippen molar-refractivity contribution in [3.8, 4) is 6.07 Å². The number of aromatic nitrogens is 2. The molecule has 0 amide bonds. The number of hydrogen-bond donors (Lipinski definition) is 0. The first-order valence-corrected chi connectivity index (χ1v) is 6.67. The van der Waals surface area contributed by atoms with E-state index < -0.39 is 0 Å². The Labute approximate surface area is 127 Å². The molecule has 2 aromatic rings. The minimum Gasteiger partial charge on any atom is -0.294 e. The van der Waals surface area contributed by atoms with Crippen molar-refractivity contribution in [1.82, 2.24) is 9.55 Å². The highest BCUT2D eigenvalue weighted by molar-refractivity contribution is 9.10. The SMILES string of the molecule is N#Cc1ccc(Cn2cnc(Cl)c(Br)c2=O)c(Cl)c1. The minimum absolute atomic E-state index is 0.118. The van der Waals surface area contributed by atoms with Crippen molar-refractivity contribution in [2.24, 2.45) is 0 Å². The van der Waals surface area contributed by atoms with Crippen LogP contribution >= 0.6 is 39.1 Å². The molecule has 0 aliphatic heterocycles. The highest BCUT2D eigenvalue weighted by Crippen LogP contribution is 2.19. The molecule has 0 fully saturated rings. The Morgan fingerprint density at radius 2 is 2.16 bits per heavy atom. The maximum absolute atomic E-state index is 11.9. The molecule has 4 nitrogen and oxygen atoms in total. The van der Waals surface area contributed by atoms with Crippen molar-refractivity contribution in [3.63, 3.8) is 0 Å². The van der Waals surface area contributed by atoms with Gasteiger partial charge in [-0.15, -0.1) is 0 Å². The van der Waals surface area contributed by atoms with Gasteiger partial charge in [0.15, 0.2) is 5.15 Å². The Kier molecular flexibility index (Phi) is 4.25. The quantitative estimate of drug-likeness (QED) is 0.774. The van der Waals surface area contributed by atoms with Crippen LogP contribution in [0.3, 0.4) is 0 Å². The lowest BCUT2D eigenvalue weighted by molar-refractivity contribution is 0.731. The molecule has 0 saturated carbocycles. The zero-order valence-corrected chi connectivity index (χ0v) is 12.5. The lowest BCUT2D eigenvalue weighted by atomic mass is 10.1. The largest absolute Gasteiger partial charge is 0.294 e. The van der Waals surface area contributed by atoms with E-state index in [0.29, 0.717) is 10.6 Å². The van der Waals surface area contributed by atoms with Crippen LogP contribution in [0.25, 0.3) is 0 Å². The van der Waals surface area contributed by atoms with Gasteiger partial charge in [-0.05, 0) is 33.6 Å². The monoisotopic (exact) mass is 357 g/mol. The fourth-order valence-electron chi connectivity index (χ4n) is 1.49. The third-order valence-electron chi connectivity index (χ3n) is 2.46. The van der Waals surface area contributed by atoms with Gasteiger partial charge in [0.1, 0.15) is 4.47 Å². The first-order chi connectivity index (χ1) is 9.02. The Hall–Kier alpha value is -1.35. The number of rotatable bonds is 2. The number of benzene rings is 1. The third-order valence-corrected chi connectivity index (χ3v) is 4.04. The zero-order valence-electron chi connectivity index (χ0n) is 9.40. The fourth-order valence-corrected chi connectivity index (χ4v) is 2.18. The molecule has 19 heavy (non-hydrogen) atoms. The van der Waals surface area contributed by atoms with Crippen LogP contribution in [-0.2, 0) is 6.54 Å². The van der Waals surface area contributed by atoms with Crippen molar-refractivity contribution in [2.45, 2.75) is 6.54 Å². The third kappa shape index (κ3) is 2.98. The molecule has 0 bridgehead atoms. The van der Waals surface area contributed by atoms with E-state index in [-0.39, 0.29) is 21.7 Å². The summed E-state index contributed by atoms with van der Waals surface area (Å²) in [6, 6.07) is 6.90. The Morgan fingerprint density at radius 1 is 1.42 bits per heavy atom. The van der Waals surface area contributed by atoms with Crippen LogP contribution in [0.4, 0.5) is 0 Å². The predicted octanol–water partition coefficient (Wildman–Crippen LogP) is 3.23. The van der Waals surface area contributed by atoms with Gasteiger partial charge in [-0.2, -0.15) is 5.26 Å². The minimum atomic E-state index is -0.291. The first kappa shape index (κ1) is 14.1. The summed E-state index contributed by atoms with van der Waals surface area (Å²) < 4.78 is 1.59. The molecule has 0 radical (unpaired) electrons. The number of hydrogen-bond acceptors (Lipinski definition) is 3. The highest BCUT2D eigenvalue weighted by atomic mass is 79.9. The molecule has 0 spiro atoms. The van der Waals surface area contributed by atoms with E-state index in [4.69, 9.17) is 28.5 Å². The highest BCUT2D eigenvalue weighted by Gasteiger charge is 2.09. The molecular formula is C12H6BrCl2N3O. The summed E-state index contributed by atoms with van der Waals surface area (Å²) in [7, 11) is 0. The van der Waals surface area contributed by atoms with E-state index in [1.165, 1.54) is 10.9 Å². The van der Waals surface area contributed by atoms with Gasteiger partial charge in [0.05, 0.1) is 24.5 Å². The maximum atomic E-state index is 11.9. The number of halogens is 3. The Balaban J connectivity index is 2.40. The van der Waals surface area contributed by atoms with Crippen LogP contribution in [0.15, 0.2) is 33.8 Å². The van der Waals surface area contributed by atoms with Crippen molar-refractivity contribution in [1.29, 1.82) is 5.26 Å². The van der Waals surface area contributed by atoms with Crippen LogP contribution < -0.4 is 5.56 Å². The van der Waals surface area contributed by atoms with Gasteiger partial charge in [-0.1, -0.05) is 29.3 Å². The molecule has 1 heterocycles. The topological polar surface area (TPSA) is 58.7 Å². The molecule has 1 aromatic heterocycles. The summed E-state index contributed by atoms with van der Waals surface area (Å²) in [5.41, 5.74) is 0.899. The summed E-state index contributed by atoms with van der Waals surface area (Å²) in [4.78, 5) is 15.8. The van der Waals surface area contributed by atoms with Gasteiger partial charge in [0.25, 0.3) is 5.56 Å². The standard InChI is InChI=1S/C12H6BrCl2N3O/c13-10-11(15)17-6-18(12(10)19)5-8-2-1-7(4-16)3-9(8)14/h1-3,6H,5H2. The molecule has 1 aromatic carbocycles. The number of nitrogens with zero attached hydrogens (tertiary/aromatic N) is 3. The molecule has 0 N–H and O–H groups in total. The maximum Gasteiger partial charge on any atom is 0.269 e. The Bertz CT molecular complexity index is 737. The van der Waals surface area contributed by atoms with Crippen LogP contribution in [0.1, 0.15) is 11.1 Å². The normalized spacial score (nSPS) is 10.2. The van der Waals surface area contributed by atoms with Crippen LogP contribution in [0.5, 0.6) is 0 Å². The van der Waals surface area contributed by atoms with Gasteiger partial charge in [-0.3, -0.25) is 9.36 Å². The zero-order chi connectivity index (χ0) is 14.0. The predicted molar refractivity (Wildman–Crippen MR) is 76.5 cm³/mol. The second-order valence-corrected chi connectivity index (χ2v) is 5.26. The first-order valence-electron chi connectivity index (χ1n) is 5.12. The average molecular weight is 359 g/mol. The van der Waals surface area contributed by atoms with Crippen molar-refractivity contribution >= 4 is 39.1 Å². The van der Waals surface area contributed by atoms with Gasteiger partial charge in [0, 0.05) is 5.02 Å².